The molecule has 0 amide bonds. The molecule has 1 aliphatic carbocycles. The van der Waals surface area contributed by atoms with Gasteiger partial charge in [0.1, 0.15) is 5.60 Å². The quantitative estimate of drug-likeness (QED) is 0.930. The molecule has 1 aliphatic heterocycles. The van der Waals surface area contributed by atoms with Gasteiger partial charge in [0, 0.05) is 37.1 Å². The summed E-state index contributed by atoms with van der Waals surface area (Å²) in [4.78, 5) is 15.9. The highest BCUT2D eigenvalue weighted by Gasteiger charge is 2.36. The summed E-state index contributed by atoms with van der Waals surface area (Å²) >= 11 is 0. The van der Waals surface area contributed by atoms with Crippen LogP contribution in [0.5, 0.6) is 0 Å². The third-order valence-electron chi connectivity index (χ3n) is 5.70. The third-order valence-corrected chi connectivity index (χ3v) is 5.70. The van der Waals surface area contributed by atoms with Gasteiger partial charge in [-0.05, 0) is 50.3 Å². The molecule has 2 fully saturated rings. The fourth-order valence-electron chi connectivity index (χ4n) is 4.04. The van der Waals surface area contributed by atoms with Crippen LogP contribution in [-0.2, 0) is 5.60 Å². The van der Waals surface area contributed by atoms with Crippen LogP contribution in [-0.4, -0.2) is 33.1 Å². The van der Waals surface area contributed by atoms with Gasteiger partial charge in [0.2, 0.25) is 5.95 Å². The SMILES string of the molecule is Cc1ccc(C2(O)CCN(c3nccc(C4CCCC4)n3)CC2)nc1. The highest BCUT2D eigenvalue weighted by Crippen LogP contribution is 2.35. The van der Waals surface area contributed by atoms with E-state index < -0.39 is 5.60 Å². The van der Waals surface area contributed by atoms with Crippen LogP contribution in [0.3, 0.4) is 0 Å². The van der Waals surface area contributed by atoms with Crippen molar-refractivity contribution in [2.24, 2.45) is 0 Å². The first-order chi connectivity index (χ1) is 12.1. The standard InChI is InChI=1S/C20H26N4O/c1-15-6-7-18(22-14-15)20(25)9-12-24(13-10-20)19-21-11-8-17(23-19)16-4-2-3-5-16/h6-8,11,14,16,25H,2-5,9-10,12-13H2,1H3. The molecule has 2 aliphatic rings. The predicted octanol–water partition coefficient (Wildman–Crippen LogP) is 3.33. The Kier molecular flexibility index (Phi) is 4.42. The number of piperidine rings is 1. The first kappa shape index (κ1) is 16.5. The van der Waals surface area contributed by atoms with Gasteiger partial charge in [-0.15, -0.1) is 0 Å². The minimum atomic E-state index is -0.840. The Balaban J connectivity index is 1.46. The third kappa shape index (κ3) is 3.38. The lowest BCUT2D eigenvalue weighted by Crippen LogP contribution is -2.43. The highest BCUT2D eigenvalue weighted by atomic mass is 16.3. The van der Waals surface area contributed by atoms with Gasteiger partial charge >= 0.3 is 0 Å². The Morgan fingerprint density at radius 1 is 1.08 bits per heavy atom. The lowest BCUT2D eigenvalue weighted by atomic mass is 9.87. The van der Waals surface area contributed by atoms with Crippen molar-refractivity contribution < 1.29 is 5.11 Å². The van der Waals surface area contributed by atoms with Crippen LogP contribution < -0.4 is 4.90 Å². The highest BCUT2D eigenvalue weighted by molar-refractivity contribution is 5.33. The summed E-state index contributed by atoms with van der Waals surface area (Å²) in [6.45, 7) is 3.51. The van der Waals surface area contributed by atoms with Gasteiger partial charge in [-0.3, -0.25) is 4.98 Å². The maximum Gasteiger partial charge on any atom is 0.225 e. The van der Waals surface area contributed by atoms with Crippen molar-refractivity contribution in [3.8, 4) is 0 Å². The summed E-state index contributed by atoms with van der Waals surface area (Å²) in [5.74, 6) is 1.41. The molecule has 0 bridgehead atoms. The number of aromatic nitrogens is 3. The van der Waals surface area contributed by atoms with Crippen molar-refractivity contribution in [1.82, 2.24) is 15.0 Å². The molecule has 0 spiro atoms. The molecule has 0 atom stereocenters. The average Bonchev–Trinajstić information content (AvgIpc) is 3.18. The van der Waals surface area contributed by atoms with E-state index in [0.29, 0.717) is 18.8 Å². The summed E-state index contributed by atoms with van der Waals surface area (Å²) in [6, 6.07) is 6.03. The van der Waals surface area contributed by atoms with Crippen molar-refractivity contribution in [1.29, 1.82) is 0 Å². The fourth-order valence-corrected chi connectivity index (χ4v) is 4.04. The molecule has 1 N–H and O–H groups in total. The van der Waals surface area contributed by atoms with Gasteiger partial charge in [-0.1, -0.05) is 18.9 Å². The zero-order valence-corrected chi connectivity index (χ0v) is 14.9. The van der Waals surface area contributed by atoms with Crippen LogP contribution in [0.1, 0.15) is 61.4 Å². The second-order valence-corrected chi connectivity index (χ2v) is 7.50. The summed E-state index contributed by atoms with van der Waals surface area (Å²) < 4.78 is 0. The van der Waals surface area contributed by atoms with Gasteiger partial charge in [0.15, 0.2) is 0 Å². The van der Waals surface area contributed by atoms with Crippen LogP contribution in [0.4, 0.5) is 5.95 Å². The first-order valence-corrected chi connectivity index (χ1v) is 9.37. The lowest BCUT2D eigenvalue weighted by molar-refractivity contribution is 0.00735. The molecule has 2 aromatic heterocycles. The minimum absolute atomic E-state index is 0.597. The number of aryl methyl sites for hydroxylation is 1. The van der Waals surface area contributed by atoms with E-state index in [1.54, 1.807) is 0 Å². The normalized spacial score (nSPS) is 20.8. The van der Waals surface area contributed by atoms with E-state index in [4.69, 9.17) is 4.98 Å². The van der Waals surface area contributed by atoms with E-state index in [9.17, 15) is 5.11 Å². The number of rotatable bonds is 3. The number of aliphatic hydroxyl groups is 1. The number of anilines is 1. The molecule has 5 nitrogen and oxygen atoms in total. The van der Waals surface area contributed by atoms with Crippen molar-refractivity contribution >= 4 is 5.95 Å². The van der Waals surface area contributed by atoms with Gasteiger partial charge in [-0.2, -0.15) is 0 Å². The molecule has 0 unspecified atom stereocenters. The maximum absolute atomic E-state index is 11.0. The van der Waals surface area contributed by atoms with Crippen molar-refractivity contribution in [3.63, 3.8) is 0 Å². The number of nitrogens with zero attached hydrogens (tertiary/aromatic N) is 4. The van der Waals surface area contributed by atoms with Crippen LogP contribution in [0.25, 0.3) is 0 Å². The molecular weight excluding hydrogens is 312 g/mol. The summed E-state index contributed by atoms with van der Waals surface area (Å²) in [5.41, 5.74) is 2.23. The van der Waals surface area contributed by atoms with Crippen LogP contribution in [0, 0.1) is 6.92 Å². The van der Waals surface area contributed by atoms with Crippen molar-refractivity contribution in [3.05, 3.63) is 47.5 Å². The smallest absolute Gasteiger partial charge is 0.225 e. The van der Waals surface area contributed by atoms with Gasteiger partial charge in [0.05, 0.1) is 5.69 Å². The molecule has 132 valence electrons. The average molecular weight is 338 g/mol. The molecule has 4 rings (SSSR count). The topological polar surface area (TPSA) is 62.1 Å². The molecule has 25 heavy (non-hydrogen) atoms. The van der Waals surface area contributed by atoms with E-state index in [-0.39, 0.29) is 0 Å². The molecule has 0 aromatic carbocycles. The van der Waals surface area contributed by atoms with Gasteiger partial charge in [0.25, 0.3) is 0 Å². The van der Waals surface area contributed by atoms with Crippen molar-refractivity contribution in [2.45, 2.75) is 57.0 Å². The lowest BCUT2D eigenvalue weighted by Gasteiger charge is -2.38. The number of hydrogen-bond donors (Lipinski definition) is 1. The molecule has 2 aromatic rings. The van der Waals surface area contributed by atoms with E-state index in [1.807, 2.05) is 31.5 Å². The first-order valence-electron chi connectivity index (χ1n) is 9.37. The second kappa shape index (κ2) is 6.71. The Morgan fingerprint density at radius 2 is 1.84 bits per heavy atom. The van der Waals surface area contributed by atoms with E-state index in [1.165, 1.54) is 31.4 Å². The van der Waals surface area contributed by atoms with Crippen LogP contribution >= 0.6 is 0 Å². The predicted molar refractivity (Wildman–Crippen MR) is 97.6 cm³/mol. The van der Waals surface area contributed by atoms with E-state index in [2.05, 4.69) is 20.9 Å². The molecule has 1 saturated carbocycles. The summed E-state index contributed by atoms with van der Waals surface area (Å²) in [7, 11) is 0. The zero-order valence-electron chi connectivity index (χ0n) is 14.9. The zero-order chi connectivity index (χ0) is 17.3. The Bertz CT molecular complexity index is 717. The Hall–Kier alpha value is -2.01. The van der Waals surface area contributed by atoms with E-state index >= 15 is 0 Å². The molecule has 3 heterocycles. The Morgan fingerprint density at radius 3 is 2.52 bits per heavy atom. The second-order valence-electron chi connectivity index (χ2n) is 7.50. The number of pyridine rings is 1. The largest absolute Gasteiger partial charge is 0.383 e. The molecule has 5 heteroatoms. The van der Waals surface area contributed by atoms with Gasteiger partial charge in [-0.25, -0.2) is 9.97 Å². The fraction of sp³-hybridized carbons (Fsp3) is 0.550. The minimum Gasteiger partial charge on any atom is -0.383 e. The molecule has 1 saturated heterocycles. The van der Waals surface area contributed by atoms with Crippen molar-refractivity contribution in [2.75, 3.05) is 18.0 Å². The summed E-state index contributed by atoms with van der Waals surface area (Å²) in [5, 5.41) is 11.0. The Labute approximate surface area is 149 Å². The number of hydrogen-bond acceptors (Lipinski definition) is 5. The summed E-state index contributed by atoms with van der Waals surface area (Å²) in [6.07, 6.45) is 10.1. The molecule has 0 radical (unpaired) electrons. The van der Waals surface area contributed by atoms with Crippen LogP contribution in [0.15, 0.2) is 30.6 Å². The molecular formula is C20H26N4O. The van der Waals surface area contributed by atoms with Crippen LogP contribution in [0.2, 0.25) is 0 Å². The maximum atomic E-state index is 11.0. The monoisotopic (exact) mass is 338 g/mol. The van der Waals surface area contributed by atoms with Gasteiger partial charge < -0.3 is 10.0 Å². The van der Waals surface area contributed by atoms with E-state index in [0.717, 1.165) is 30.3 Å².